The number of nitrogens with zero attached hydrogens (tertiary/aromatic N) is 2. The van der Waals surface area contributed by atoms with E-state index in [1.165, 1.54) is 12.0 Å². The predicted octanol–water partition coefficient (Wildman–Crippen LogP) is 5.55. The van der Waals surface area contributed by atoms with Crippen molar-refractivity contribution in [2.24, 2.45) is 5.92 Å². The molecule has 1 fully saturated rings. The standard InChI is InChI=1S/C27H33BrN2O8S/c1-6-36-19(31)16-37-21-20(28)24(39-22(21)25(33)35-5)30(18-12-8-7-9-13-18)23(32)17-11-10-14-29(15-17)26(34)38-27(2,3)4/h7-9,12-13,17H,6,10-11,14-16H2,1-5H3. The lowest BCUT2D eigenvalue weighted by atomic mass is 9.96. The number of carbonyl (C=O) groups is 4. The highest BCUT2D eigenvalue weighted by atomic mass is 79.9. The van der Waals surface area contributed by atoms with Gasteiger partial charge in [-0.1, -0.05) is 18.2 Å². The Morgan fingerprint density at radius 2 is 1.85 bits per heavy atom. The maximum atomic E-state index is 14.1. The molecule has 1 saturated heterocycles. The van der Waals surface area contributed by atoms with Crippen LogP contribution in [0.5, 0.6) is 5.75 Å². The Kier molecular flexibility index (Phi) is 10.4. The van der Waals surface area contributed by atoms with Crippen LogP contribution in [0.2, 0.25) is 0 Å². The Labute approximate surface area is 240 Å². The van der Waals surface area contributed by atoms with Gasteiger partial charge in [-0.05, 0) is 68.6 Å². The van der Waals surface area contributed by atoms with E-state index in [0.29, 0.717) is 34.5 Å². The van der Waals surface area contributed by atoms with Gasteiger partial charge in [-0.2, -0.15) is 0 Å². The van der Waals surface area contributed by atoms with Gasteiger partial charge < -0.3 is 23.8 Å². The Hall–Kier alpha value is -3.12. The van der Waals surface area contributed by atoms with Crippen LogP contribution in [0, 0.1) is 5.92 Å². The molecule has 2 aromatic rings. The summed E-state index contributed by atoms with van der Waals surface area (Å²) in [4.78, 5) is 54.6. The smallest absolute Gasteiger partial charge is 0.410 e. The van der Waals surface area contributed by atoms with Crippen molar-refractivity contribution in [2.45, 2.75) is 46.1 Å². The van der Waals surface area contributed by atoms with Crippen molar-refractivity contribution < 1.29 is 38.1 Å². The maximum absolute atomic E-state index is 14.1. The molecule has 1 aliphatic heterocycles. The molecule has 10 nitrogen and oxygen atoms in total. The highest BCUT2D eigenvalue weighted by Gasteiger charge is 2.37. The summed E-state index contributed by atoms with van der Waals surface area (Å²) >= 11 is 4.49. The molecule has 1 aliphatic rings. The van der Waals surface area contributed by atoms with Gasteiger partial charge in [-0.25, -0.2) is 14.4 Å². The van der Waals surface area contributed by atoms with E-state index in [0.717, 1.165) is 11.3 Å². The number of hydrogen-bond donors (Lipinski definition) is 0. The Morgan fingerprint density at radius 1 is 1.15 bits per heavy atom. The first kappa shape index (κ1) is 30.4. The molecule has 2 amide bonds. The molecule has 0 aliphatic carbocycles. The molecule has 2 heterocycles. The van der Waals surface area contributed by atoms with Crippen LogP contribution in [0.1, 0.15) is 50.2 Å². The fraction of sp³-hybridized carbons (Fsp3) is 0.481. The number of thiophene rings is 1. The predicted molar refractivity (Wildman–Crippen MR) is 150 cm³/mol. The first-order chi connectivity index (χ1) is 18.5. The molecule has 39 heavy (non-hydrogen) atoms. The van der Waals surface area contributed by atoms with Crippen LogP contribution in [0.4, 0.5) is 15.5 Å². The minimum Gasteiger partial charge on any atom is -0.479 e. The molecule has 1 unspecified atom stereocenters. The number of amides is 2. The lowest BCUT2D eigenvalue weighted by Crippen LogP contribution is -2.47. The number of ether oxygens (including phenoxy) is 4. The van der Waals surface area contributed by atoms with Crippen LogP contribution in [0.15, 0.2) is 34.8 Å². The van der Waals surface area contributed by atoms with Gasteiger partial charge in [0.1, 0.15) is 10.6 Å². The molecule has 3 rings (SSSR count). The summed E-state index contributed by atoms with van der Waals surface area (Å²) in [7, 11) is 1.23. The number of esters is 2. The van der Waals surface area contributed by atoms with Crippen LogP contribution >= 0.6 is 27.3 Å². The van der Waals surface area contributed by atoms with E-state index >= 15 is 0 Å². The molecule has 1 aromatic heterocycles. The zero-order chi connectivity index (χ0) is 28.7. The fourth-order valence-electron chi connectivity index (χ4n) is 3.99. The Bertz CT molecular complexity index is 1190. The largest absolute Gasteiger partial charge is 0.479 e. The first-order valence-corrected chi connectivity index (χ1v) is 14.1. The summed E-state index contributed by atoms with van der Waals surface area (Å²) in [6.45, 7) is 7.49. The Morgan fingerprint density at radius 3 is 2.46 bits per heavy atom. The summed E-state index contributed by atoms with van der Waals surface area (Å²) in [6, 6.07) is 8.97. The molecule has 12 heteroatoms. The van der Waals surface area contributed by atoms with Crippen molar-refractivity contribution in [1.29, 1.82) is 0 Å². The number of para-hydroxylation sites is 1. The average molecular weight is 626 g/mol. The quantitative estimate of drug-likeness (QED) is 0.277. The van der Waals surface area contributed by atoms with Crippen LogP contribution < -0.4 is 9.64 Å². The summed E-state index contributed by atoms with van der Waals surface area (Å²) in [6.07, 6.45) is 0.734. The normalized spacial score (nSPS) is 15.3. The van der Waals surface area contributed by atoms with Gasteiger partial charge in [0.25, 0.3) is 0 Å². The van der Waals surface area contributed by atoms with Gasteiger partial charge in [0, 0.05) is 18.8 Å². The number of carbonyl (C=O) groups excluding carboxylic acids is 4. The molecular formula is C27H33BrN2O8S. The van der Waals surface area contributed by atoms with E-state index in [4.69, 9.17) is 18.9 Å². The zero-order valence-corrected chi connectivity index (χ0v) is 25.1. The van der Waals surface area contributed by atoms with E-state index in [-0.39, 0.29) is 29.7 Å². The van der Waals surface area contributed by atoms with Gasteiger partial charge in [-0.3, -0.25) is 9.69 Å². The third-order valence-electron chi connectivity index (χ3n) is 5.66. The number of likely N-dealkylation sites (tertiary alicyclic amines) is 1. The molecular weight excluding hydrogens is 592 g/mol. The summed E-state index contributed by atoms with van der Waals surface area (Å²) in [5.74, 6) is -1.99. The second kappa shape index (κ2) is 13.3. The second-order valence-electron chi connectivity index (χ2n) is 9.74. The molecule has 1 aromatic carbocycles. The minimum absolute atomic E-state index is 0.0719. The number of piperidine rings is 1. The maximum Gasteiger partial charge on any atom is 0.410 e. The number of anilines is 2. The zero-order valence-electron chi connectivity index (χ0n) is 22.7. The number of rotatable bonds is 8. The van der Waals surface area contributed by atoms with Crippen molar-refractivity contribution >= 4 is 61.9 Å². The highest BCUT2D eigenvalue weighted by Crippen LogP contribution is 2.48. The molecule has 0 bridgehead atoms. The number of halogens is 1. The number of methoxy groups -OCH3 is 1. The summed E-state index contributed by atoms with van der Waals surface area (Å²) < 4.78 is 21.4. The van der Waals surface area contributed by atoms with Gasteiger partial charge in [-0.15, -0.1) is 11.3 Å². The molecule has 0 N–H and O–H groups in total. The molecule has 1 atom stereocenters. The molecule has 0 radical (unpaired) electrons. The van der Waals surface area contributed by atoms with Gasteiger partial charge in [0.2, 0.25) is 5.91 Å². The van der Waals surface area contributed by atoms with Gasteiger partial charge in [0.05, 0.1) is 24.1 Å². The lowest BCUT2D eigenvalue weighted by Gasteiger charge is -2.35. The monoisotopic (exact) mass is 624 g/mol. The van der Waals surface area contributed by atoms with Crippen LogP contribution in [0.3, 0.4) is 0 Å². The van der Waals surface area contributed by atoms with E-state index in [1.54, 1.807) is 56.9 Å². The third kappa shape index (κ3) is 7.72. The summed E-state index contributed by atoms with van der Waals surface area (Å²) in [5.41, 5.74) is -0.0943. The SMILES string of the molecule is CCOC(=O)COc1c(C(=O)OC)sc(N(C(=O)C2CCCN(C(=O)OC(C)(C)C)C2)c2ccccc2)c1Br. The number of hydrogen-bond acceptors (Lipinski definition) is 9. The van der Waals surface area contributed by atoms with Gasteiger partial charge in [0.15, 0.2) is 17.2 Å². The molecule has 0 saturated carbocycles. The van der Waals surface area contributed by atoms with Crippen LogP contribution in [0.25, 0.3) is 0 Å². The minimum atomic E-state index is -0.681. The van der Waals surface area contributed by atoms with Crippen molar-refractivity contribution in [2.75, 3.05) is 38.3 Å². The van der Waals surface area contributed by atoms with Crippen molar-refractivity contribution in [3.63, 3.8) is 0 Å². The first-order valence-electron chi connectivity index (χ1n) is 12.5. The van der Waals surface area contributed by atoms with E-state index in [2.05, 4.69) is 15.9 Å². The Balaban J connectivity index is 1.99. The average Bonchev–Trinajstić information content (AvgIpc) is 3.22. The lowest BCUT2D eigenvalue weighted by molar-refractivity contribution is -0.145. The van der Waals surface area contributed by atoms with Crippen LogP contribution in [-0.2, 0) is 23.8 Å². The van der Waals surface area contributed by atoms with Crippen LogP contribution in [-0.4, -0.2) is 67.9 Å². The summed E-state index contributed by atoms with van der Waals surface area (Å²) in [5, 5.41) is 0.375. The van der Waals surface area contributed by atoms with E-state index in [9.17, 15) is 19.2 Å². The van der Waals surface area contributed by atoms with Crippen molar-refractivity contribution in [3.05, 3.63) is 39.7 Å². The fourth-order valence-corrected chi connectivity index (χ4v) is 5.94. The van der Waals surface area contributed by atoms with E-state index < -0.39 is 36.2 Å². The third-order valence-corrected chi connectivity index (χ3v) is 7.80. The second-order valence-corrected chi connectivity index (χ2v) is 11.5. The molecule has 0 spiro atoms. The van der Waals surface area contributed by atoms with E-state index in [1.807, 2.05) is 6.07 Å². The van der Waals surface area contributed by atoms with Crippen molar-refractivity contribution in [1.82, 2.24) is 4.90 Å². The highest BCUT2D eigenvalue weighted by molar-refractivity contribution is 9.10. The topological polar surface area (TPSA) is 112 Å². The van der Waals surface area contributed by atoms with Crippen molar-refractivity contribution in [3.8, 4) is 5.75 Å². The van der Waals surface area contributed by atoms with Gasteiger partial charge >= 0.3 is 18.0 Å². The molecule has 212 valence electrons. The number of benzene rings is 1.